The fourth-order valence-corrected chi connectivity index (χ4v) is 0.393. The number of rotatable bonds is 1. The normalized spacial score (nSPS) is 12.1. The molecule has 0 bridgehead atoms. The first kappa shape index (κ1) is 11.0. The summed E-state index contributed by atoms with van der Waals surface area (Å²) in [5, 5.41) is 7.11. The molecule has 0 unspecified atom stereocenters. The van der Waals surface area contributed by atoms with Crippen molar-refractivity contribution in [3.8, 4) is 0 Å². The van der Waals surface area contributed by atoms with E-state index >= 15 is 0 Å². The maximum absolute atomic E-state index is 7.11. The monoisotopic (exact) mass is 215 g/mol. The third kappa shape index (κ3) is 5.30. The molecule has 0 spiro atoms. The average molecular weight is 216 g/mol. The molecule has 11 heavy (non-hydrogen) atoms. The number of hydrogen-bond acceptors (Lipinski definition) is 1. The fourth-order valence-electron chi connectivity index (χ4n) is 0.246. The summed E-state index contributed by atoms with van der Waals surface area (Å²) in [5.74, 6) is -0.295. The maximum Gasteiger partial charge on any atom is 0.249 e. The highest BCUT2D eigenvalue weighted by molar-refractivity contribution is 6.76. The molecule has 0 amide bonds. The molecule has 0 atom stereocenters. The molecule has 0 fully saturated rings. The number of aliphatic imine (C=N–C) groups is 1. The summed E-state index contributed by atoms with van der Waals surface area (Å²) in [5.41, 5.74) is 0. The zero-order valence-corrected chi connectivity index (χ0v) is 8.37. The van der Waals surface area contributed by atoms with Crippen LogP contribution >= 0.6 is 34.8 Å². The van der Waals surface area contributed by atoms with Gasteiger partial charge in [-0.25, -0.2) is 4.99 Å². The van der Waals surface area contributed by atoms with Gasteiger partial charge < -0.3 is 4.90 Å². The summed E-state index contributed by atoms with van der Waals surface area (Å²) >= 11 is 16.0. The van der Waals surface area contributed by atoms with Crippen molar-refractivity contribution in [2.75, 3.05) is 14.1 Å². The molecule has 0 radical (unpaired) electrons. The zero-order valence-electron chi connectivity index (χ0n) is 6.11. The Hall–Kier alpha value is 0.01000. The summed E-state index contributed by atoms with van der Waals surface area (Å²) in [4.78, 5) is 5.23. The quantitative estimate of drug-likeness (QED) is 0.406. The van der Waals surface area contributed by atoms with Crippen LogP contribution in [0.25, 0.3) is 0 Å². The van der Waals surface area contributed by atoms with E-state index in [1.54, 1.807) is 19.0 Å². The number of nitrogens with one attached hydrogen (secondary N) is 1. The van der Waals surface area contributed by atoms with E-state index in [0.29, 0.717) is 0 Å². The first-order valence-corrected chi connectivity index (χ1v) is 3.84. The third-order valence-corrected chi connectivity index (χ3v) is 1.22. The van der Waals surface area contributed by atoms with Gasteiger partial charge in [0.25, 0.3) is 0 Å². The van der Waals surface area contributed by atoms with Crippen LogP contribution in [0.5, 0.6) is 0 Å². The van der Waals surface area contributed by atoms with Gasteiger partial charge in [-0.2, -0.15) is 0 Å². The minimum atomic E-state index is -1.73. The van der Waals surface area contributed by atoms with Gasteiger partial charge in [0.15, 0.2) is 5.84 Å². The van der Waals surface area contributed by atoms with Crippen molar-refractivity contribution in [2.24, 2.45) is 4.99 Å². The van der Waals surface area contributed by atoms with Gasteiger partial charge in [0.1, 0.15) is 0 Å². The minimum absolute atomic E-state index is 0.295. The second-order valence-corrected chi connectivity index (χ2v) is 4.34. The second-order valence-electron chi connectivity index (χ2n) is 2.05. The Bertz CT molecular complexity index is 170. The van der Waals surface area contributed by atoms with E-state index in [2.05, 4.69) is 4.99 Å². The Morgan fingerprint density at radius 3 is 2.18 bits per heavy atom. The largest absolute Gasteiger partial charge is 0.369 e. The predicted molar refractivity (Wildman–Crippen MR) is 50.2 cm³/mol. The number of nitrogens with zero attached hydrogens (tertiary/aromatic N) is 2. The number of alkyl halides is 3. The van der Waals surface area contributed by atoms with Gasteiger partial charge in [-0.15, -0.1) is 0 Å². The summed E-state index contributed by atoms with van der Waals surface area (Å²) in [6.45, 7) is 0. The van der Waals surface area contributed by atoms with Gasteiger partial charge in [0.2, 0.25) is 3.79 Å². The lowest BCUT2D eigenvalue weighted by molar-refractivity contribution is 0.643. The van der Waals surface area contributed by atoms with Gasteiger partial charge in [0, 0.05) is 14.1 Å². The Kier molecular flexibility index (Phi) is 4.14. The fraction of sp³-hybridized carbons (Fsp3) is 0.600. The van der Waals surface area contributed by atoms with Crippen molar-refractivity contribution in [1.29, 1.82) is 5.41 Å². The van der Waals surface area contributed by atoms with Gasteiger partial charge in [-0.3, -0.25) is 5.41 Å². The smallest absolute Gasteiger partial charge is 0.249 e. The van der Waals surface area contributed by atoms with Crippen molar-refractivity contribution in [3.05, 3.63) is 0 Å². The molecule has 0 aliphatic rings. The van der Waals surface area contributed by atoms with Crippen LogP contribution in [0, 0.1) is 5.41 Å². The Morgan fingerprint density at radius 2 is 1.91 bits per heavy atom. The van der Waals surface area contributed by atoms with E-state index in [9.17, 15) is 0 Å². The highest BCUT2D eigenvalue weighted by Crippen LogP contribution is 2.27. The van der Waals surface area contributed by atoms with Crippen LogP contribution in [0.1, 0.15) is 0 Å². The Labute approximate surface area is 80.4 Å². The van der Waals surface area contributed by atoms with Crippen LogP contribution in [-0.2, 0) is 0 Å². The van der Waals surface area contributed by atoms with Gasteiger partial charge >= 0.3 is 0 Å². The van der Waals surface area contributed by atoms with E-state index in [-0.39, 0.29) is 5.84 Å². The molecule has 0 rings (SSSR count). The molecule has 0 aromatic heterocycles. The molecule has 6 heteroatoms. The van der Waals surface area contributed by atoms with E-state index < -0.39 is 3.79 Å². The van der Waals surface area contributed by atoms with Crippen LogP contribution < -0.4 is 0 Å². The van der Waals surface area contributed by atoms with Crippen molar-refractivity contribution in [2.45, 2.75) is 3.79 Å². The van der Waals surface area contributed by atoms with Crippen LogP contribution in [0.15, 0.2) is 4.99 Å². The average Bonchev–Trinajstić information content (AvgIpc) is 1.80. The van der Waals surface area contributed by atoms with Gasteiger partial charge in [-0.1, -0.05) is 34.8 Å². The van der Waals surface area contributed by atoms with E-state index in [4.69, 9.17) is 40.2 Å². The summed E-state index contributed by atoms with van der Waals surface area (Å²) in [6.07, 6.45) is 1.39. The molecule has 3 nitrogen and oxygen atoms in total. The van der Waals surface area contributed by atoms with Crippen LogP contribution in [0.2, 0.25) is 0 Å². The van der Waals surface area contributed by atoms with E-state index in [1.165, 1.54) is 6.34 Å². The topological polar surface area (TPSA) is 39.5 Å². The molecule has 0 aliphatic heterocycles. The molecule has 0 aliphatic carbocycles. The second kappa shape index (κ2) is 4.14. The molecular formula is C5H8Cl3N3. The third-order valence-electron chi connectivity index (χ3n) is 0.686. The van der Waals surface area contributed by atoms with Gasteiger partial charge in [-0.05, 0) is 0 Å². The molecule has 64 valence electrons. The molecule has 0 heterocycles. The van der Waals surface area contributed by atoms with E-state index in [0.717, 1.165) is 0 Å². The lowest BCUT2D eigenvalue weighted by Crippen LogP contribution is -2.18. The molecular weight excluding hydrogens is 208 g/mol. The van der Waals surface area contributed by atoms with E-state index in [1.807, 2.05) is 0 Å². The van der Waals surface area contributed by atoms with Gasteiger partial charge in [0.05, 0.1) is 6.34 Å². The highest BCUT2D eigenvalue weighted by atomic mass is 35.6. The standard InChI is InChI=1S/C5H8Cl3N3/c1-11(2)3-10-4(9)5(6,7)8/h3,9H,1-2H3. The first-order valence-electron chi connectivity index (χ1n) is 2.70. The van der Waals surface area contributed by atoms with Crippen molar-refractivity contribution >= 4 is 47.0 Å². The van der Waals surface area contributed by atoms with Crippen LogP contribution in [0.4, 0.5) is 0 Å². The lowest BCUT2D eigenvalue weighted by atomic mass is 10.7. The minimum Gasteiger partial charge on any atom is -0.369 e. The molecule has 0 aromatic carbocycles. The number of amidine groups is 1. The summed E-state index contributed by atoms with van der Waals surface area (Å²) in [6, 6.07) is 0. The molecule has 0 saturated heterocycles. The highest BCUT2D eigenvalue weighted by Gasteiger charge is 2.25. The SMILES string of the molecule is CN(C)C=NC(=N)C(Cl)(Cl)Cl. The van der Waals surface area contributed by atoms with Crippen molar-refractivity contribution in [3.63, 3.8) is 0 Å². The summed E-state index contributed by atoms with van der Waals surface area (Å²) in [7, 11) is 3.52. The summed E-state index contributed by atoms with van der Waals surface area (Å²) < 4.78 is -1.73. The first-order chi connectivity index (χ1) is 4.84. The molecule has 1 N–H and O–H groups in total. The molecule has 0 aromatic rings. The lowest BCUT2D eigenvalue weighted by Gasteiger charge is -2.08. The Balaban J connectivity index is 4.09. The Morgan fingerprint density at radius 1 is 1.45 bits per heavy atom. The number of hydrogen-bond donors (Lipinski definition) is 1. The van der Waals surface area contributed by atoms with Crippen LogP contribution in [-0.4, -0.2) is 35.0 Å². The number of halogens is 3. The predicted octanol–water partition coefficient (Wildman–Crippen LogP) is 1.92. The van der Waals surface area contributed by atoms with Crippen molar-refractivity contribution < 1.29 is 0 Å². The maximum atomic E-state index is 7.11. The van der Waals surface area contributed by atoms with Crippen molar-refractivity contribution in [1.82, 2.24) is 4.90 Å². The van der Waals surface area contributed by atoms with Crippen LogP contribution in [0.3, 0.4) is 0 Å². The zero-order chi connectivity index (χ0) is 9.07. The molecule has 0 saturated carbocycles.